The molecule has 1 aliphatic carbocycles. The van der Waals surface area contributed by atoms with E-state index in [-0.39, 0.29) is 11.7 Å². The van der Waals surface area contributed by atoms with Gasteiger partial charge in [0, 0.05) is 6.42 Å². The number of carbonyl (C=O) groups is 1. The summed E-state index contributed by atoms with van der Waals surface area (Å²) in [4.78, 5) is 19.6. The van der Waals surface area contributed by atoms with E-state index in [0.29, 0.717) is 12.8 Å². The van der Waals surface area contributed by atoms with E-state index in [1.54, 1.807) is 0 Å². The van der Waals surface area contributed by atoms with E-state index >= 15 is 0 Å². The lowest BCUT2D eigenvalue weighted by Gasteiger charge is -2.03. The van der Waals surface area contributed by atoms with Crippen molar-refractivity contribution in [2.24, 2.45) is 0 Å². The van der Waals surface area contributed by atoms with Gasteiger partial charge in [0.2, 0.25) is 5.95 Å². The normalized spacial score (nSPS) is 14.7. The van der Waals surface area contributed by atoms with Crippen molar-refractivity contribution in [3.05, 3.63) is 17.0 Å². The minimum Gasteiger partial charge on any atom is -0.368 e. The molecule has 0 amide bonds. The molecule has 1 heterocycles. The first-order valence-electron chi connectivity index (χ1n) is 4.40. The van der Waals surface area contributed by atoms with Gasteiger partial charge in [-0.25, -0.2) is 9.97 Å². The van der Waals surface area contributed by atoms with Crippen LogP contribution >= 0.6 is 0 Å². The lowest BCUT2D eigenvalue weighted by Crippen LogP contribution is -2.07. The van der Waals surface area contributed by atoms with Crippen LogP contribution in [0.4, 0.5) is 5.95 Å². The molecule has 2 N–H and O–H groups in total. The highest BCUT2D eigenvalue weighted by atomic mass is 16.1. The zero-order valence-corrected chi connectivity index (χ0v) is 7.50. The molecule has 0 spiro atoms. The standard InChI is InChI=1S/C9H11N3O/c1-2-5-8-6(3-4-7(8)13)12-9(10)11-5/h2-4H2,1H3,(H2,10,11,12). The summed E-state index contributed by atoms with van der Waals surface area (Å²) in [7, 11) is 0. The van der Waals surface area contributed by atoms with Gasteiger partial charge in [-0.05, 0) is 12.8 Å². The van der Waals surface area contributed by atoms with Gasteiger partial charge in [0.15, 0.2) is 5.78 Å². The predicted octanol–water partition coefficient (Wildman–Crippen LogP) is 0.750. The quantitative estimate of drug-likeness (QED) is 0.687. The first-order chi connectivity index (χ1) is 6.22. The molecule has 0 aliphatic heterocycles. The summed E-state index contributed by atoms with van der Waals surface area (Å²) >= 11 is 0. The number of ketones is 1. The molecule has 0 atom stereocenters. The van der Waals surface area contributed by atoms with Crippen LogP contribution in [0.3, 0.4) is 0 Å². The Morgan fingerprint density at radius 3 is 2.85 bits per heavy atom. The molecule has 0 unspecified atom stereocenters. The number of anilines is 1. The largest absolute Gasteiger partial charge is 0.368 e. The maximum Gasteiger partial charge on any atom is 0.220 e. The monoisotopic (exact) mass is 177 g/mol. The smallest absolute Gasteiger partial charge is 0.220 e. The van der Waals surface area contributed by atoms with Crippen LogP contribution < -0.4 is 5.73 Å². The number of hydrogen-bond acceptors (Lipinski definition) is 4. The van der Waals surface area contributed by atoms with Crippen LogP contribution in [-0.4, -0.2) is 15.8 Å². The highest BCUT2D eigenvalue weighted by molar-refractivity contribution is 6.00. The number of nitrogens with zero attached hydrogens (tertiary/aromatic N) is 2. The molecule has 13 heavy (non-hydrogen) atoms. The number of Topliss-reactive ketones (excluding diaryl/α,β-unsaturated/α-hetero) is 1. The van der Waals surface area contributed by atoms with Gasteiger partial charge in [0.1, 0.15) is 0 Å². The molecule has 0 radical (unpaired) electrons. The fraction of sp³-hybridized carbons (Fsp3) is 0.444. The van der Waals surface area contributed by atoms with Crippen molar-refractivity contribution in [1.82, 2.24) is 9.97 Å². The second kappa shape index (κ2) is 2.80. The van der Waals surface area contributed by atoms with E-state index in [9.17, 15) is 4.79 Å². The first-order valence-corrected chi connectivity index (χ1v) is 4.40. The van der Waals surface area contributed by atoms with Gasteiger partial charge >= 0.3 is 0 Å². The molecule has 68 valence electrons. The van der Waals surface area contributed by atoms with Gasteiger partial charge in [-0.3, -0.25) is 4.79 Å². The van der Waals surface area contributed by atoms with E-state index in [1.807, 2.05) is 6.92 Å². The first kappa shape index (κ1) is 8.16. The molecule has 1 aromatic heterocycles. The molecule has 0 fully saturated rings. The lowest BCUT2D eigenvalue weighted by atomic mass is 10.1. The third-order valence-electron chi connectivity index (χ3n) is 2.28. The molecule has 4 nitrogen and oxygen atoms in total. The molecule has 1 aromatic rings. The lowest BCUT2D eigenvalue weighted by molar-refractivity contribution is 0.0993. The summed E-state index contributed by atoms with van der Waals surface area (Å²) in [5, 5.41) is 0. The van der Waals surface area contributed by atoms with Crippen molar-refractivity contribution in [1.29, 1.82) is 0 Å². The van der Waals surface area contributed by atoms with Crippen molar-refractivity contribution >= 4 is 11.7 Å². The summed E-state index contributed by atoms with van der Waals surface area (Å²) in [5.41, 5.74) is 7.86. The average molecular weight is 177 g/mol. The van der Waals surface area contributed by atoms with Gasteiger partial charge < -0.3 is 5.73 Å². The Balaban J connectivity index is 2.64. The number of aromatic nitrogens is 2. The number of nitrogens with two attached hydrogens (primary N) is 1. The Kier molecular flexibility index (Phi) is 1.76. The third kappa shape index (κ3) is 1.18. The molecule has 0 aromatic carbocycles. The van der Waals surface area contributed by atoms with Crippen LogP contribution in [-0.2, 0) is 12.8 Å². The summed E-state index contributed by atoms with van der Waals surface area (Å²) in [6, 6.07) is 0. The Hall–Kier alpha value is -1.45. The number of aryl methyl sites for hydroxylation is 2. The Morgan fingerprint density at radius 1 is 1.38 bits per heavy atom. The summed E-state index contributed by atoms with van der Waals surface area (Å²) in [5.74, 6) is 0.442. The van der Waals surface area contributed by atoms with E-state index < -0.39 is 0 Å². The fourth-order valence-electron chi connectivity index (χ4n) is 1.70. The van der Waals surface area contributed by atoms with E-state index in [0.717, 1.165) is 23.4 Å². The highest BCUT2D eigenvalue weighted by Gasteiger charge is 2.24. The summed E-state index contributed by atoms with van der Waals surface area (Å²) in [6.07, 6.45) is 2.01. The average Bonchev–Trinajstić information content (AvgIpc) is 2.46. The van der Waals surface area contributed by atoms with Crippen LogP contribution in [0, 0.1) is 0 Å². The molecule has 4 heteroatoms. The number of carbonyl (C=O) groups excluding carboxylic acids is 1. The molecule has 0 bridgehead atoms. The van der Waals surface area contributed by atoms with E-state index in [2.05, 4.69) is 9.97 Å². The van der Waals surface area contributed by atoms with Crippen LogP contribution in [0.2, 0.25) is 0 Å². The SMILES string of the molecule is CCc1nc(N)nc2c1C(=O)CC2. The zero-order chi connectivity index (χ0) is 9.42. The Morgan fingerprint density at radius 2 is 2.15 bits per heavy atom. The van der Waals surface area contributed by atoms with Gasteiger partial charge in [-0.1, -0.05) is 6.92 Å². The maximum atomic E-state index is 11.4. The molecule has 1 aliphatic rings. The second-order valence-electron chi connectivity index (χ2n) is 3.13. The van der Waals surface area contributed by atoms with Crippen molar-refractivity contribution in [2.45, 2.75) is 26.2 Å². The predicted molar refractivity (Wildman–Crippen MR) is 48.5 cm³/mol. The molecule has 2 rings (SSSR count). The van der Waals surface area contributed by atoms with Crippen LogP contribution in [0.1, 0.15) is 35.1 Å². The van der Waals surface area contributed by atoms with Crippen molar-refractivity contribution in [3.8, 4) is 0 Å². The minimum atomic E-state index is 0.159. The van der Waals surface area contributed by atoms with Gasteiger partial charge in [-0.15, -0.1) is 0 Å². The van der Waals surface area contributed by atoms with Crippen molar-refractivity contribution < 1.29 is 4.79 Å². The zero-order valence-electron chi connectivity index (χ0n) is 7.50. The van der Waals surface area contributed by atoms with E-state index in [4.69, 9.17) is 5.73 Å². The van der Waals surface area contributed by atoms with Gasteiger partial charge in [0.25, 0.3) is 0 Å². The van der Waals surface area contributed by atoms with Crippen LogP contribution in [0.5, 0.6) is 0 Å². The Labute approximate surface area is 76.2 Å². The van der Waals surface area contributed by atoms with Crippen molar-refractivity contribution in [2.75, 3.05) is 5.73 Å². The molecule has 0 saturated heterocycles. The maximum absolute atomic E-state index is 11.4. The van der Waals surface area contributed by atoms with Crippen LogP contribution in [0.25, 0.3) is 0 Å². The van der Waals surface area contributed by atoms with Crippen LogP contribution in [0.15, 0.2) is 0 Å². The third-order valence-corrected chi connectivity index (χ3v) is 2.28. The second-order valence-corrected chi connectivity index (χ2v) is 3.13. The van der Waals surface area contributed by atoms with Crippen molar-refractivity contribution in [3.63, 3.8) is 0 Å². The minimum absolute atomic E-state index is 0.159. The molecular weight excluding hydrogens is 166 g/mol. The number of hydrogen-bond donors (Lipinski definition) is 1. The fourth-order valence-corrected chi connectivity index (χ4v) is 1.70. The Bertz CT molecular complexity index is 373. The highest BCUT2D eigenvalue weighted by Crippen LogP contribution is 2.23. The molecular formula is C9H11N3O. The topological polar surface area (TPSA) is 68.9 Å². The summed E-state index contributed by atoms with van der Waals surface area (Å²) < 4.78 is 0. The molecule has 0 saturated carbocycles. The number of fused-ring (bicyclic) bond motifs is 1. The number of rotatable bonds is 1. The summed E-state index contributed by atoms with van der Waals surface area (Å²) in [6.45, 7) is 1.97. The van der Waals surface area contributed by atoms with Gasteiger partial charge in [-0.2, -0.15) is 0 Å². The van der Waals surface area contributed by atoms with Gasteiger partial charge in [0.05, 0.1) is 17.0 Å². The number of nitrogen functional groups attached to an aromatic ring is 1. The van der Waals surface area contributed by atoms with E-state index in [1.165, 1.54) is 0 Å².